The summed E-state index contributed by atoms with van der Waals surface area (Å²) in [5.74, 6) is 0.839. The van der Waals surface area contributed by atoms with Gasteiger partial charge in [0.25, 0.3) is 0 Å². The van der Waals surface area contributed by atoms with Crippen molar-refractivity contribution in [3.63, 3.8) is 0 Å². The SMILES string of the molecule is CNc1cc(-c2cccc(C)c2C)ncn1. The Morgan fingerprint density at radius 3 is 2.69 bits per heavy atom. The monoisotopic (exact) mass is 213 g/mol. The second kappa shape index (κ2) is 4.31. The predicted octanol–water partition coefficient (Wildman–Crippen LogP) is 2.80. The lowest BCUT2D eigenvalue weighted by Crippen LogP contribution is -1.95. The third-order valence-corrected chi connectivity index (χ3v) is 2.80. The summed E-state index contributed by atoms with van der Waals surface area (Å²) in [6, 6.07) is 8.21. The molecule has 0 fully saturated rings. The highest BCUT2D eigenvalue weighted by Crippen LogP contribution is 2.24. The minimum atomic E-state index is 0.839. The van der Waals surface area contributed by atoms with E-state index >= 15 is 0 Å². The van der Waals surface area contributed by atoms with Crippen molar-refractivity contribution in [2.45, 2.75) is 13.8 Å². The molecule has 82 valence electrons. The normalized spacial score (nSPS) is 10.2. The Morgan fingerprint density at radius 1 is 1.12 bits per heavy atom. The molecule has 0 atom stereocenters. The molecule has 2 aromatic rings. The number of hydrogen-bond acceptors (Lipinski definition) is 3. The minimum absolute atomic E-state index is 0.839. The van der Waals surface area contributed by atoms with Gasteiger partial charge in [0.15, 0.2) is 0 Å². The standard InChI is InChI=1S/C13H15N3/c1-9-5-4-6-11(10(9)2)12-7-13(14-3)16-8-15-12/h4-8H,1-3H3,(H,14,15,16). The number of benzene rings is 1. The third-order valence-electron chi connectivity index (χ3n) is 2.80. The van der Waals surface area contributed by atoms with E-state index < -0.39 is 0 Å². The zero-order valence-corrected chi connectivity index (χ0v) is 9.78. The molecule has 16 heavy (non-hydrogen) atoms. The summed E-state index contributed by atoms with van der Waals surface area (Å²) in [6.07, 6.45) is 1.59. The lowest BCUT2D eigenvalue weighted by Gasteiger charge is -2.08. The number of aryl methyl sites for hydroxylation is 1. The zero-order valence-electron chi connectivity index (χ0n) is 9.78. The maximum Gasteiger partial charge on any atom is 0.129 e. The molecule has 0 saturated carbocycles. The van der Waals surface area contributed by atoms with Crippen molar-refractivity contribution in [3.8, 4) is 11.3 Å². The van der Waals surface area contributed by atoms with E-state index in [-0.39, 0.29) is 0 Å². The largest absolute Gasteiger partial charge is 0.373 e. The van der Waals surface area contributed by atoms with Crippen LogP contribution in [-0.4, -0.2) is 17.0 Å². The van der Waals surface area contributed by atoms with Crippen molar-refractivity contribution in [1.82, 2.24) is 9.97 Å². The molecule has 1 N–H and O–H groups in total. The molecule has 3 heteroatoms. The fraction of sp³-hybridized carbons (Fsp3) is 0.231. The van der Waals surface area contributed by atoms with Gasteiger partial charge in [-0.05, 0) is 25.0 Å². The van der Waals surface area contributed by atoms with Gasteiger partial charge >= 0.3 is 0 Å². The van der Waals surface area contributed by atoms with Gasteiger partial charge in [0, 0.05) is 18.7 Å². The van der Waals surface area contributed by atoms with Crippen LogP contribution in [0.5, 0.6) is 0 Å². The molecule has 0 aliphatic rings. The topological polar surface area (TPSA) is 37.8 Å². The van der Waals surface area contributed by atoms with Crippen LogP contribution in [0.1, 0.15) is 11.1 Å². The highest BCUT2D eigenvalue weighted by atomic mass is 15.0. The van der Waals surface area contributed by atoms with Gasteiger partial charge in [-0.25, -0.2) is 9.97 Å². The van der Waals surface area contributed by atoms with E-state index in [1.807, 2.05) is 13.1 Å². The van der Waals surface area contributed by atoms with E-state index in [0.29, 0.717) is 0 Å². The van der Waals surface area contributed by atoms with Crippen molar-refractivity contribution in [3.05, 3.63) is 41.7 Å². The molecule has 1 aromatic carbocycles. The lowest BCUT2D eigenvalue weighted by molar-refractivity contribution is 1.16. The quantitative estimate of drug-likeness (QED) is 0.833. The molecular weight excluding hydrogens is 198 g/mol. The van der Waals surface area contributed by atoms with E-state index in [1.54, 1.807) is 6.33 Å². The van der Waals surface area contributed by atoms with Crippen molar-refractivity contribution in [2.75, 3.05) is 12.4 Å². The van der Waals surface area contributed by atoms with Crippen LogP contribution in [0.4, 0.5) is 5.82 Å². The molecule has 2 rings (SSSR count). The van der Waals surface area contributed by atoms with Crippen molar-refractivity contribution in [1.29, 1.82) is 0 Å². The summed E-state index contributed by atoms with van der Waals surface area (Å²) in [7, 11) is 1.86. The molecule has 0 aliphatic heterocycles. The summed E-state index contributed by atoms with van der Waals surface area (Å²) in [5, 5.41) is 3.02. The number of nitrogens with zero attached hydrogens (tertiary/aromatic N) is 2. The number of rotatable bonds is 2. The summed E-state index contributed by atoms with van der Waals surface area (Å²) in [6.45, 7) is 4.23. The molecule has 0 aliphatic carbocycles. The smallest absolute Gasteiger partial charge is 0.129 e. The van der Waals surface area contributed by atoms with Gasteiger partial charge in [-0.2, -0.15) is 0 Å². The van der Waals surface area contributed by atoms with E-state index in [4.69, 9.17) is 0 Å². The van der Waals surface area contributed by atoms with Crippen LogP contribution in [0.2, 0.25) is 0 Å². The van der Waals surface area contributed by atoms with Gasteiger partial charge in [0.05, 0.1) is 5.69 Å². The van der Waals surface area contributed by atoms with Crippen LogP contribution in [0.3, 0.4) is 0 Å². The highest BCUT2D eigenvalue weighted by molar-refractivity contribution is 5.66. The Hall–Kier alpha value is -1.90. The maximum atomic E-state index is 4.31. The zero-order chi connectivity index (χ0) is 11.5. The second-order valence-corrected chi connectivity index (χ2v) is 3.79. The molecule has 1 aromatic heterocycles. The fourth-order valence-electron chi connectivity index (χ4n) is 1.67. The van der Waals surface area contributed by atoms with Gasteiger partial charge in [-0.3, -0.25) is 0 Å². The van der Waals surface area contributed by atoms with Crippen LogP contribution in [0.25, 0.3) is 11.3 Å². The van der Waals surface area contributed by atoms with Gasteiger partial charge in [-0.1, -0.05) is 18.2 Å². The van der Waals surface area contributed by atoms with Crippen molar-refractivity contribution in [2.24, 2.45) is 0 Å². The number of anilines is 1. The first-order valence-corrected chi connectivity index (χ1v) is 5.28. The maximum absolute atomic E-state index is 4.31. The third kappa shape index (κ3) is 1.89. The molecule has 0 bridgehead atoms. The molecule has 1 heterocycles. The molecular formula is C13H15N3. The summed E-state index contributed by atoms with van der Waals surface area (Å²) in [5.41, 5.74) is 4.67. The Kier molecular flexibility index (Phi) is 2.86. The average molecular weight is 213 g/mol. The van der Waals surface area contributed by atoms with E-state index in [1.165, 1.54) is 16.7 Å². The molecule has 3 nitrogen and oxygen atoms in total. The molecule has 0 spiro atoms. The van der Waals surface area contributed by atoms with Crippen LogP contribution in [0.15, 0.2) is 30.6 Å². The van der Waals surface area contributed by atoms with Gasteiger partial charge in [0.1, 0.15) is 12.1 Å². The Bertz CT molecular complexity index is 506. The van der Waals surface area contributed by atoms with Crippen molar-refractivity contribution >= 4 is 5.82 Å². The molecule has 0 amide bonds. The average Bonchev–Trinajstić information content (AvgIpc) is 2.33. The summed E-state index contributed by atoms with van der Waals surface area (Å²) in [4.78, 5) is 8.42. The first kappa shape index (κ1) is 10.6. The first-order valence-electron chi connectivity index (χ1n) is 5.28. The summed E-state index contributed by atoms with van der Waals surface area (Å²) >= 11 is 0. The van der Waals surface area contributed by atoms with E-state index in [2.05, 4.69) is 47.3 Å². The van der Waals surface area contributed by atoms with Gasteiger partial charge < -0.3 is 5.32 Å². The van der Waals surface area contributed by atoms with Crippen LogP contribution >= 0.6 is 0 Å². The van der Waals surface area contributed by atoms with Crippen LogP contribution < -0.4 is 5.32 Å². The number of nitrogens with one attached hydrogen (secondary N) is 1. The molecule has 0 radical (unpaired) electrons. The second-order valence-electron chi connectivity index (χ2n) is 3.79. The van der Waals surface area contributed by atoms with Crippen LogP contribution in [-0.2, 0) is 0 Å². The Morgan fingerprint density at radius 2 is 1.94 bits per heavy atom. The van der Waals surface area contributed by atoms with Crippen LogP contribution in [0, 0.1) is 13.8 Å². The van der Waals surface area contributed by atoms with Crippen molar-refractivity contribution < 1.29 is 0 Å². The van der Waals surface area contributed by atoms with Gasteiger partial charge in [-0.15, -0.1) is 0 Å². The number of aromatic nitrogens is 2. The highest BCUT2D eigenvalue weighted by Gasteiger charge is 2.05. The van der Waals surface area contributed by atoms with E-state index in [0.717, 1.165) is 11.5 Å². The Balaban J connectivity index is 2.54. The first-order chi connectivity index (χ1) is 7.72. The number of hydrogen-bond donors (Lipinski definition) is 1. The minimum Gasteiger partial charge on any atom is -0.373 e. The fourth-order valence-corrected chi connectivity index (χ4v) is 1.67. The predicted molar refractivity (Wildman–Crippen MR) is 66.5 cm³/mol. The van der Waals surface area contributed by atoms with E-state index in [9.17, 15) is 0 Å². The Labute approximate surface area is 95.6 Å². The summed E-state index contributed by atoms with van der Waals surface area (Å²) < 4.78 is 0. The lowest BCUT2D eigenvalue weighted by atomic mass is 10.0. The molecule has 0 unspecified atom stereocenters. The molecule has 0 saturated heterocycles. The van der Waals surface area contributed by atoms with Gasteiger partial charge in [0.2, 0.25) is 0 Å².